The van der Waals surface area contributed by atoms with Crippen LogP contribution in [-0.4, -0.2) is 8.07 Å². The molecule has 65 heavy (non-hydrogen) atoms. The van der Waals surface area contributed by atoms with Crippen molar-refractivity contribution >= 4 is 45.9 Å². The second-order valence-corrected chi connectivity index (χ2v) is 22.5. The van der Waals surface area contributed by atoms with E-state index in [0.717, 1.165) is 5.69 Å². The zero-order chi connectivity index (χ0) is 43.8. The minimum atomic E-state index is -2.68. The van der Waals surface area contributed by atoms with Crippen molar-refractivity contribution in [2.75, 3.05) is 4.90 Å². The van der Waals surface area contributed by atoms with Crippen LogP contribution in [0.5, 0.6) is 0 Å². The number of rotatable bonds is 10. The van der Waals surface area contributed by atoms with Gasteiger partial charge in [0.15, 0.2) is 8.07 Å². The molecule has 2 aliphatic carbocycles. The average Bonchev–Trinajstić information content (AvgIpc) is 3.61. The van der Waals surface area contributed by atoms with Crippen molar-refractivity contribution in [1.29, 1.82) is 0 Å². The predicted octanol–water partition coefficient (Wildman–Crippen LogP) is 14.2. The molecule has 9 aromatic carbocycles. The lowest BCUT2D eigenvalue weighted by Gasteiger charge is -2.35. The zero-order valence-electron chi connectivity index (χ0n) is 37.5. The SMILES string of the molecule is CC1(C)c2ccc(-c3ccc(-c4ccccc4)cc3)cc2-c2ccc(N(c3ccc(C4CCCCC4)cc3)c3ccc([Si](c4ccccc4)(c4ccccc4)c4ccccc4)cc3)cc21. The molecule has 1 saturated carbocycles. The van der Waals surface area contributed by atoms with E-state index in [1.807, 2.05) is 0 Å². The fraction of sp³-hybridized carbons (Fsp3) is 0.143. The summed E-state index contributed by atoms with van der Waals surface area (Å²) in [5, 5.41) is 5.52. The van der Waals surface area contributed by atoms with Crippen molar-refractivity contribution in [3.63, 3.8) is 0 Å². The number of anilines is 3. The summed E-state index contributed by atoms with van der Waals surface area (Å²) in [5.41, 5.74) is 15.2. The van der Waals surface area contributed by atoms with E-state index in [-0.39, 0.29) is 5.41 Å². The van der Waals surface area contributed by atoms with E-state index >= 15 is 0 Å². The molecule has 0 atom stereocenters. The lowest BCUT2D eigenvalue weighted by atomic mass is 9.82. The van der Waals surface area contributed by atoms with Gasteiger partial charge in [0.2, 0.25) is 0 Å². The van der Waals surface area contributed by atoms with Gasteiger partial charge in [0, 0.05) is 22.5 Å². The first kappa shape index (κ1) is 40.8. The van der Waals surface area contributed by atoms with E-state index in [9.17, 15) is 0 Å². The second-order valence-electron chi connectivity index (χ2n) is 18.7. The Morgan fingerprint density at radius 1 is 0.369 bits per heavy atom. The van der Waals surface area contributed by atoms with Crippen molar-refractivity contribution in [2.45, 2.75) is 57.3 Å². The highest BCUT2D eigenvalue weighted by molar-refractivity contribution is 7.19. The second kappa shape index (κ2) is 17.2. The largest absolute Gasteiger partial charge is 0.310 e. The number of hydrogen-bond acceptors (Lipinski definition) is 1. The molecule has 2 aliphatic rings. The zero-order valence-corrected chi connectivity index (χ0v) is 38.5. The number of hydrogen-bond donors (Lipinski definition) is 0. The third-order valence-corrected chi connectivity index (χ3v) is 19.4. The van der Waals surface area contributed by atoms with Crippen LogP contribution < -0.4 is 25.6 Å². The summed E-state index contributed by atoms with van der Waals surface area (Å²) in [6.07, 6.45) is 6.62. The molecule has 0 aliphatic heterocycles. The first-order chi connectivity index (χ1) is 32.0. The van der Waals surface area contributed by atoms with Crippen molar-refractivity contribution < 1.29 is 0 Å². The van der Waals surface area contributed by atoms with E-state index in [1.54, 1.807) is 0 Å². The van der Waals surface area contributed by atoms with E-state index in [4.69, 9.17) is 0 Å². The van der Waals surface area contributed by atoms with Crippen LogP contribution in [0.2, 0.25) is 0 Å². The van der Waals surface area contributed by atoms with Gasteiger partial charge in [0.1, 0.15) is 0 Å². The Morgan fingerprint density at radius 3 is 1.37 bits per heavy atom. The molecule has 0 unspecified atom stereocenters. The molecule has 0 radical (unpaired) electrons. The smallest absolute Gasteiger partial charge is 0.179 e. The molecule has 2 heteroatoms. The molecule has 0 aromatic heterocycles. The summed E-state index contributed by atoms with van der Waals surface area (Å²) in [6.45, 7) is 4.80. The summed E-state index contributed by atoms with van der Waals surface area (Å²) in [5.74, 6) is 0.656. The molecule has 9 aromatic rings. The van der Waals surface area contributed by atoms with Crippen LogP contribution in [0.25, 0.3) is 33.4 Å². The van der Waals surface area contributed by atoms with Crippen LogP contribution in [-0.2, 0) is 5.41 Å². The molecule has 0 N–H and O–H groups in total. The minimum Gasteiger partial charge on any atom is -0.310 e. The maximum Gasteiger partial charge on any atom is 0.179 e. The van der Waals surface area contributed by atoms with E-state index in [1.165, 1.54) is 114 Å². The summed E-state index contributed by atoms with van der Waals surface area (Å²) in [6, 6.07) is 86.8. The van der Waals surface area contributed by atoms with Crippen LogP contribution in [0.3, 0.4) is 0 Å². The molecule has 0 saturated heterocycles. The lowest BCUT2D eigenvalue weighted by molar-refractivity contribution is 0.443. The Kier molecular flexibility index (Phi) is 10.8. The monoisotopic (exact) mass is 853 g/mol. The van der Waals surface area contributed by atoms with Gasteiger partial charge in [-0.25, -0.2) is 0 Å². The maximum absolute atomic E-state index is 2.68. The Balaban J connectivity index is 1.01. The molecule has 0 amide bonds. The molecule has 11 rings (SSSR count). The van der Waals surface area contributed by atoms with Gasteiger partial charge in [-0.05, 0) is 132 Å². The third kappa shape index (κ3) is 7.36. The van der Waals surface area contributed by atoms with Crippen LogP contribution in [0.15, 0.2) is 231 Å². The van der Waals surface area contributed by atoms with E-state index in [2.05, 4.69) is 249 Å². The van der Waals surface area contributed by atoms with Crippen LogP contribution in [0.4, 0.5) is 17.1 Å². The Bertz CT molecular complexity index is 2950. The van der Waals surface area contributed by atoms with Gasteiger partial charge in [-0.2, -0.15) is 0 Å². The van der Waals surface area contributed by atoms with Crippen LogP contribution in [0.1, 0.15) is 68.6 Å². The summed E-state index contributed by atoms with van der Waals surface area (Å²) >= 11 is 0. The average molecular weight is 854 g/mol. The van der Waals surface area contributed by atoms with Gasteiger partial charge < -0.3 is 4.90 Å². The van der Waals surface area contributed by atoms with Gasteiger partial charge in [0.25, 0.3) is 0 Å². The third-order valence-electron chi connectivity index (χ3n) is 14.6. The standard InChI is InChI=1S/C63H55NSi/c1-63(2)61-43-34-51(50-30-28-48(29-31-50)46-18-8-3-9-19-46)44-60(61)59-42-39-54(45-62(59)63)64(52-35-32-49(33-36-52)47-20-10-4-11-21-47)53-37-40-58(41-38-53)65(55-22-12-5-13-23-55,56-24-14-6-15-25-56)57-26-16-7-17-27-57/h3,5-9,12-19,22-45,47H,4,10-11,20-21H2,1-2H3. The van der Waals surface area contributed by atoms with E-state index in [0.29, 0.717) is 5.92 Å². The Morgan fingerprint density at radius 2 is 0.815 bits per heavy atom. The van der Waals surface area contributed by atoms with Crippen molar-refractivity contribution in [2.24, 2.45) is 0 Å². The minimum absolute atomic E-state index is 0.164. The normalized spacial score (nSPS) is 14.4. The van der Waals surface area contributed by atoms with Crippen molar-refractivity contribution in [3.8, 4) is 33.4 Å². The first-order valence-electron chi connectivity index (χ1n) is 23.6. The number of benzene rings is 9. The molecule has 1 fully saturated rings. The molecular formula is C63H55NSi. The molecule has 0 spiro atoms. The van der Waals surface area contributed by atoms with Crippen molar-refractivity contribution in [1.82, 2.24) is 0 Å². The first-order valence-corrected chi connectivity index (χ1v) is 25.6. The number of nitrogens with zero attached hydrogens (tertiary/aromatic N) is 1. The summed E-state index contributed by atoms with van der Waals surface area (Å²) in [4.78, 5) is 2.49. The van der Waals surface area contributed by atoms with Gasteiger partial charge in [-0.15, -0.1) is 0 Å². The predicted molar refractivity (Wildman–Crippen MR) is 279 cm³/mol. The lowest BCUT2D eigenvalue weighted by Crippen LogP contribution is -2.74. The quantitative estimate of drug-likeness (QED) is 0.0979. The number of fused-ring (bicyclic) bond motifs is 3. The summed E-state index contributed by atoms with van der Waals surface area (Å²) < 4.78 is 0. The van der Waals surface area contributed by atoms with Gasteiger partial charge in [-0.3, -0.25) is 0 Å². The fourth-order valence-corrected chi connectivity index (χ4v) is 16.0. The fourth-order valence-electron chi connectivity index (χ4n) is 11.2. The van der Waals surface area contributed by atoms with Crippen LogP contribution in [0, 0.1) is 0 Å². The highest BCUT2D eigenvalue weighted by Gasteiger charge is 2.41. The van der Waals surface area contributed by atoms with Gasteiger partial charge in [-0.1, -0.05) is 221 Å². The van der Waals surface area contributed by atoms with Crippen LogP contribution >= 0.6 is 0 Å². The molecule has 1 nitrogen and oxygen atoms in total. The highest BCUT2D eigenvalue weighted by Crippen LogP contribution is 2.51. The summed E-state index contributed by atoms with van der Waals surface area (Å²) in [7, 11) is -2.68. The van der Waals surface area contributed by atoms with Gasteiger partial charge >= 0.3 is 0 Å². The molecule has 0 bridgehead atoms. The Hall–Kier alpha value is -7.00. The van der Waals surface area contributed by atoms with Crippen molar-refractivity contribution in [3.05, 3.63) is 247 Å². The molecule has 0 heterocycles. The maximum atomic E-state index is 2.49. The topological polar surface area (TPSA) is 3.24 Å². The Labute approximate surface area is 386 Å². The van der Waals surface area contributed by atoms with Gasteiger partial charge in [0.05, 0.1) is 0 Å². The molecular weight excluding hydrogens is 799 g/mol. The van der Waals surface area contributed by atoms with E-state index < -0.39 is 8.07 Å². The molecule has 316 valence electrons. The highest BCUT2D eigenvalue weighted by atomic mass is 28.3.